The molecule has 0 unspecified atom stereocenters. The molecule has 0 amide bonds. The highest BCUT2D eigenvalue weighted by Gasteiger charge is 2.10. The van der Waals surface area contributed by atoms with Gasteiger partial charge in [0.05, 0.1) is 23.2 Å². The monoisotopic (exact) mass is 482 g/mol. The van der Waals surface area contributed by atoms with Crippen molar-refractivity contribution in [3.05, 3.63) is 56.5 Å². The zero-order valence-electron chi connectivity index (χ0n) is 14.0. The smallest absolute Gasteiger partial charge is 0.178 e. The molecule has 0 fully saturated rings. The Kier molecular flexibility index (Phi) is 6.88. The lowest BCUT2D eigenvalue weighted by atomic mass is 10.1. The van der Waals surface area contributed by atoms with Crippen molar-refractivity contribution >= 4 is 49.8 Å². The van der Waals surface area contributed by atoms with Crippen molar-refractivity contribution in [1.82, 2.24) is 0 Å². The highest BCUT2D eigenvalue weighted by molar-refractivity contribution is 9.11. The van der Waals surface area contributed by atoms with Gasteiger partial charge in [-0.1, -0.05) is 0 Å². The van der Waals surface area contributed by atoms with E-state index in [9.17, 15) is 15.0 Å². The lowest BCUT2D eigenvalue weighted by Crippen LogP contribution is -1.89. The number of allylic oxidation sites excluding steroid dienone is 2. The predicted molar refractivity (Wildman–Crippen MR) is 108 cm³/mol. The van der Waals surface area contributed by atoms with E-state index < -0.39 is 0 Å². The van der Waals surface area contributed by atoms with Crippen LogP contribution in [-0.4, -0.2) is 30.2 Å². The Morgan fingerprint density at radius 3 is 1.58 bits per heavy atom. The normalized spacial score (nSPS) is 11.2. The number of hydrogen-bond acceptors (Lipinski definition) is 5. The zero-order chi connectivity index (χ0) is 19.3. The molecule has 26 heavy (non-hydrogen) atoms. The average molecular weight is 484 g/mol. The Labute approximate surface area is 167 Å². The molecule has 0 spiro atoms. The van der Waals surface area contributed by atoms with Gasteiger partial charge in [-0.25, -0.2) is 0 Å². The van der Waals surface area contributed by atoms with Gasteiger partial charge >= 0.3 is 0 Å². The molecule has 2 N–H and O–H groups in total. The maximum Gasteiger partial charge on any atom is 0.178 e. The Morgan fingerprint density at radius 2 is 1.23 bits per heavy atom. The second kappa shape index (κ2) is 8.91. The molecule has 2 aromatic carbocycles. The number of carbonyl (C=O) groups excluding carboxylic acids is 1. The lowest BCUT2D eigenvalue weighted by molar-refractivity contribution is -0.110. The third-order valence-corrected chi connectivity index (χ3v) is 5.18. The fourth-order valence-electron chi connectivity index (χ4n) is 2.11. The minimum absolute atomic E-state index is 0.0321. The highest BCUT2D eigenvalue weighted by atomic mass is 79.9. The van der Waals surface area contributed by atoms with Gasteiger partial charge in [0.2, 0.25) is 0 Å². The molecule has 0 aliphatic rings. The van der Waals surface area contributed by atoms with Crippen LogP contribution in [0.2, 0.25) is 0 Å². The van der Waals surface area contributed by atoms with Crippen molar-refractivity contribution < 1.29 is 24.5 Å². The van der Waals surface area contributed by atoms with Crippen LogP contribution in [-0.2, 0) is 4.79 Å². The summed E-state index contributed by atoms with van der Waals surface area (Å²) < 4.78 is 10.9. The fraction of sp³-hybridized carbons (Fsp3) is 0.105. The van der Waals surface area contributed by atoms with Crippen molar-refractivity contribution in [3.63, 3.8) is 0 Å². The summed E-state index contributed by atoms with van der Waals surface area (Å²) in [7, 11) is 2.92. The van der Waals surface area contributed by atoms with Crippen LogP contribution >= 0.6 is 31.9 Å². The van der Waals surface area contributed by atoms with Gasteiger partial charge < -0.3 is 19.7 Å². The van der Waals surface area contributed by atoms with E-state index in [4.69, 9.17) is 9.47 Å². The van der Waals surface area contributed by atoms with Gasteiger partial charge in [-0.15, -0.1) is 0 Å². The Morgan fingerprint density at radius 1 is 0.846 bits per heavy atom. The van der Waals surface area contributed by atoms with Crippen LogP contribution in [0.25, 0.3) is 12.2 Å². The minimum Gasteiger partial charge on any atom is -0.503 e. The summed E-state index contributed by atoms with van der Waals surface area (Å²) in [4.78, 5) is 12.0. The Balaban J connectivity index is 2.17. The molecule has 0 saturated carbocycles. The highest BCUT2D eigenvalue weighted by Crippen LogP contribution is 2.38. The number of ketones is 1. The standard InChI is InChI=1S/C19H16Br2O5/c1-25-14-9-5-11(16(20)18(14)23)3-7-13(22)8-4-12-6-10-15(26-2)19(24)17(12)21/h3-10,23-24H,1-2H3. The van der Waals surface area contributed by atoms with Crippen LogP contribution in [0.3, 0.4) is 0 Å². The van der Waals surface area contributed by atoms with Crippen molar-refractivity contribution in [2.24, 2.45) is 0 Å². The first-order chi connectivity index (χ1) is 12.4. The van der Waals surface area contributed by atoms with Gasteiger partial charge in [0, 0.05) is 0 Å². The van der Waals surface area contributed by atoms with Crippen LogP contribution < -0.4 is 9.47 Å². The fourth-order valence-corrected chi connectivity index (χ4v) is 3.03. The summed E-state index contributed by atoms with van der Waals surface area (Å²) in [6.07, 6.45) is 5.91. The van der Waals surface area contributed by atoms with Gasteiger partial charge in [-0.2, -0.15) is 0 Å². The van der Waals surface area contributed by atoms with E-state index in [-0.39, 0.29) is 17.3 Å². The average Bonchev–Trinajstić information content (AvgIpc) is 2.64. The SMILES string of the molecule is COc1ccc(C=CC(=O)C=Cc2ccc(OC)c(O)c2Br)c(Br)c1O. The second-order valence-electron chi connectivity index (χ2n) is 5.11. The maximum atomic E-state index is 12.0. The van der Waals surface area contributed by atoms with Gasteiger partial charge in [0.1, 0.15) is 0 Å². The predicted octanol–water partition coefficient (Wildman–Crippen LogP) is 4.94. The second-order valence-corrected chi connectivity index (χ2v) is 6.69. The van der Waals surface area contributed by atoms with Crippen LogP contribution in [0.4, 0.5) is 0 Å². The molecule has 2 rings (SSSR count). The molecule has 7 heteroatoms. The van der Waals surface area contributed by atoms with Crippen LogP contribution in [0.5, 0.6) is 23.0 Å². The summed E-state index contributed by atoms with van der Waals surface area (Å²) in [5, 5.41) is 19.9. The number of halogens is 2. The molecule has 0 radical (unpaired) electrons. The number of rotatable bonds is 6. The molecular weight excluding hydrogens is 468 g/mol. The number of carbonyl (C=O) groups is 1. The van der Waals surface area contributed by atoms with E-state index in [1.807, 2.05) is 0 Å². The van der Waals surface area contributed by atoms with E-state index in [0.29, 0.717) is 31.6 Å². The molecule has 0 atom stereocenters. The third kappa shape index (κ3) is 4.47. The summed E-state index contributed by atoms with van der Waals surface area (Å²) >= 11 is 6.54. The molecule has 0 aliphatic heterocycles. The molecular formula is C19H16Br2O5. The van der Waals surface area contributed by atoms with E-state index in [0.717, 1.165) is 0 Å². The van der Waals surface area contributed by atoms with Crippen molar-refractivity contribution in [3.8, 4) is 23.0 Å². The number of phenolic OH excluding ortho intramolecular Hbond substituents is 2. The molecule has 2 aromatic rings. The number of methoxy groups -OCH3 is 2. The third-order valence-electron chi connectivity index (χ3n) is 3.51. The molecule has 0 aliphatic carbocycles. The summed E-state index contributed by atoms with van der Waals surface area (Å²) in [6, 6.07) is 6.65. The number of benzene rings is 2. The van der Waals surface area contributed by atoms with Crippen LogP contribution in [0.15, 0.2) is 45.4 Å². The van der Waals surface area contributed by atoms with E-state index in [1.54, 1.807) is 36.4 Å². The van der Waals surface area contributed by atoms with Crippen molar-refractivity contribution in [1.29, 1.82) is 0 Å². The number of phenols is 2. The van der Waals surface area contributed by atoms with Crippen molar-refractivity contribution in [2.75, 3.05) is 14.2 Å². The van der Waals surface area contributed by atoms with E-state index in [1.165, 1.54) is 26.4 Å². The Hall–Kier alpha value is -2.25. The van der Waals surface area contributed by atoms with Gasteiger partial charge in [0.15, 0.2) is 28.8 Å². The first-order valence-electron chi connectivity index (χ1n) is 7.40. The molecule has 0 saturated heterocycles. The molecule has 0 bridgehead atoms. The summed E-state index contributed by atoms with van der Waals surface area (Å²) in [5.74, 6) is 0.355. The molecule has 5 nitrogen and oxygen atoms in total. The topological polar surface area (TPSA) is 76.0 Å². The number of hydrogen-bond donors (Lipinski definition) is 2. The first-order valence-corrected chi connectivity index (χ1v) is 8.98. The van der Waals surface area contributed by atoms with Crippen LogP contribution in [0, 0.1) is 0 Å². The maximum absolute atomic E-state index is 12.0. The lowest BCUT2D eigenvalue weighted by Gasteiger charge is -2.07. The van der Waals surface area contributed by atoms with Crippen molar-refractivity contribution in [2.45, 2.75) is 0 Å². The largest absolute Gasteiger partial charge is 0.503 e. The van der Waals surface area contributed by atoms with Gasteiger partial charge in [-0.05, 0) is 91.6 Å². The Bertz CT molecular complexity index is 816. The molecule has 136 valence electrons. The molecule has 0 heterocycles. The zero-order valence-corrected chi connectivity index (χ0v) is 17.2. The van der Waals surface area contributed by atoms with E-state index >= 15 is 0 Å². The molecule has 0 aromatic heterocycles. The number of aromatic hydroxyl groups is 2. The number of ether oxygens (including phenoxy) is 2. The van der Waals surface area contributed by atoms with Gasteiger partial charge in [0.25, 0.3) is 0 Å². The van der Waals surface area contributed by atoms with E-state index in [2.05, 4.69) is 31.9 Å². The minimum atomic E-state index is -0.255. The van der Waals surface area contributed by atoms with Gasteiger partial charge in [-0.3, -0.25) is 4.79 Å². The summed E-state index contributed by atoms with van der Waals surface area (Å²) in [5.41, 5.74) is 1.27. The quantitative estimate of drug-likeness (QED) is 0.569. The summed E-state index contributed by atoms with van der Waals surface area (Å²) in [6.45, 7) is 0. The first kappa shape index (κ1) is 20.1. The van der Waals surface area contributed by atoms with Crippen LogP contribution in [0.1, 0.15) is 11.1 Å².